The normalized spacial score (nSPS) is 13.2. The fraction of sp³-hybridized carbons (Fsp3) is 0.167. The lowest BCUT2D eigenvalue weighted by molar-refractivity contribution is -0.123. The van der Waals surface area contributed by atoms with Gasteiger partial charge >= 0.3 is 0 Å². The van der Waals surface area contributed by atoms with Gasteiger partial charge in [0.05, 0.1) is 6.07 Å². The monoisotopic (exact) mass is 138 g/mol. The Kier molecular flexibility index (Phi) is 3.57. The number of nitrogens with zero attached hydrogens (tertiary/aromatic N) is 1. The maximum Gasteiger partial charge on any atom is 0.250 e. The fourth-order valence-corrected chi connectivity index (χ4v) is 0.356. The first-order valence-electron chi connectivity index (χ1n) is 2.54. The molecule has 0 aliphatic carbocycles. The number of rotatable bonds is 0. The Balaban J connectivity index is 0.000000236. The third kappa shape index (κ3) is 3.38. The minimum atomic E-state index is -0.329. The first kappa shape index (κ1) is 8.37. The number of carbonyl (C=O) groups excluding carboxylic acids is 2. The smallest absolute Gasteiger partial charge is 0.250 e. The van der Waals surface area contributed by atoms with Gasteiger partial charge in [0.1, 0.15) is 0 Å². The van der Waals surface area contributed by atoms with Crippen LogP contribution >= 0.6 is 0 Å². The topological polar surface area (TPSA) is 70.0 Å². The molecule has 4 heteroatoms. The lowest BCUT2D eigenvalue weighted by atomic mass is 10.6. The Morgan fingerprint density at radius 3 is 1.80 bits per heavy atom. The van der Waals surface area contributed by atoms with Crippen LogP contribution in [0.15, 0.2) is 12.2 Å². The van der Waals surface area contributed by atoms with E-state index in [1.54, 1.807) is 6.07 Å². The molecule has 52 valence electrons. The Labute approximate surface area is 58.1 Å². The molecule has 0 radical (unpaired) electrons. The van der Waals surface area contributed by atoms with Gasteiger partial charge in [-0.25, -0.2) is 0 Å². The first-order valence-corrected chi connectivity index (χ1v) is 2.54. The van der Waals surface area contributed by atoms with Crippen LogP contribution < -0.4 is 5.32 Å². The van der Waals surface area contributed by atoms with Gasteiger partial charge in [-0.3, -0.25) is 14.9 Å². The summed E-state index contributed by atoms with van der Waals surface area (Å²) < 4.78 is 0. The Bertz CT molecular complexity index is 196. The second kappa shape index (κ2) is 4.27. The Hall–Kier alpha value is -1.63. The highest BCUT2D eigenvalue weighted by atomic mass is 16.2. The van der Waals surface area contributed by atoms with E-state index in [2.05, 4.69) is 0 Å². The summed E-state index contributed by atoms with van der Waals surface area (Å²) >= 11 is 0. The van der Waals surface area contributed by atoms with Crippen molar-refractivity contribution in [3.8, 4) is 6.07 Å². The molecule has 1 aliphatic heterocycles. The number of nitrogens with one attached hydrogen (secondary N) is 1. The predicted molar refractivity (Wildman–Crippen MR) is 33.6 cm³/mol. The molecule has 0 atom stereocenters. The molecule has 1 heterocycles. The molecule has 0 aromatic rings. The van der Waals surface area contributed by atoms with Crippen LogP contribution in [0, 0.1) is 11.3 Å². The number of hydrogen-bond acceptors (Lipinski definition) is 3. The number of hydrogen-bond donors (Lipinski definition) is 1. The second-order valence-electron chi connectivity index (χ2n) is 1.41. The molecule has 4 nitrogen and oxygen atoms in total. The predicted octanol–water partition coefficient (Wildman–Crippen LogP) is -0.271. The maximum atomic E-state index is 10.0. The van der Waals surface area contributed by atoms with Crippen LogP contribution in [-0.4, -0.2) is 11.8 Å². The molecule has 1 N–H and O–H groups in total. The molecule has 0 saturated heterocycles. The van der Waals surface area contributed by atoms with Crippen molar-refractivity contribution in [3.63, 3.8) is 0 Å². The zero-order chi connectivity index (χ0) is 7.98. The lowest BCUT2D eigenvalue weighted by Crippen LogP contribution is -2.19. The van der Waals surface area contributed by atoms with Crippen molar-refractivity contribution in [1.82, 2.24) is 5.32 Å². The second-order valence-corrected chi connectivity index (χ2v) is 1.41. The van der Waals surface area contributed by atoms with E-state index >= 15 is 0 Å². The molecule has 0 fully saturated rings. The van der Waals surface area contributed by atoms with Gasteiger partial charge in [-0.15, -0.1) is 0 Å². The van der Waals surface area contributed by atoms with E-state index in [1.165, 1.54) is 19.1 Å². The third-order valence-corrected chi connectivity index (χ3v) is 0.632. The SMILES string of the molecule is CC#N.O=C1C=CC(=O)N1. The van der Waals surface area contributed by atoms with E-state index in [0.29, 0.717) is 0 Å². The zero-order valence-corrected chi connectivity index (χ0v) is 5.42. The summed E-state index contributed by atoms with van der Waals surface area (Å²) in [4.78, 5) is 20.1. The van der Waals surface area contributed by atoms with Gasteiger partial charge in [0.15, 0.2) is 0 Å². The van der Waals surface area contributed by atoms with Crippen LogP contribution in [0.2, 0.25) is 0 Å². The van der Waals surface area contributed by atoms with E-state index in [-0.39, 0.29) is 11.8 Å². The van der Waals surface area contributed by atoms with Crippen molar-refractivity contribution >= 4 is 11.8 Å². The quantitative estimate of drug-likeness (QED) is 0.468. The van der Waals surface area contributed by atoms with E-state index < -0.39 is 0 Å². The van der Waals surface area contributed by atoms with Gasteiger partial charge in [0, 0.05) is 19.1 Å². The summed E-state index contributed by atoms with van der Waals surface area (Å²) in [6.07, 6.45) is 2.39. The zero-order valence-electron chi connectivity index (χ0n) is 5.42. The largest absolute Gasteiger partial charge is 0.289 e. The van der Waals surface area contributed by atoms with Crippen molar-refractivity contribution in [2.24, 2.45) is 0 Å². The summed E-state index contributed by atoms with van der Waals surface area (Å²) in [5, 5.41) is 9.35. The molecular formula is C6H6N2O2. The van der Waals surface area contributed by atoms with Crippen molar-refractivity contribution in [2.45, 2.75) is 6.92 Å². The maximum absolute atomic E-state index is 10.0. The number of nitriles is 1. The number of carbonyl (C=O) groups is 2. The van der Waals surface area contributed by atoms with Gasteiger partial charge in [-0.05, 0) is 0 Å². The van der Waals surface area contributed by atoms with Crippen LogP contribution in [0.5, 0.6) is 0 Å². The molecule has 1 rings (SSSR count). The highest BCUT2D eigenvalue weighted by Crippen LogP contribution is 1.82. The van der Waals surface area contributed by atoms with Crippen LogP contribution in [0.25, 0.3) is 0 Å². The third-order valence-electron chi connectivity index (χ3n) is 0.632. The summed E-state index contributed by atoms with van der Waals surface area (Å²) in [6, 6.07) is 1.75. The number of imide groups is 1. The van der Waals surface area contributed by atoms with Crippen molar-refractivity contribution in [1.29, 1.82) is 5.26 Å². The average Bonchev–Trinajstić information content (AvgIpc) is 2.17. The molecular weight excluding hydrogens is 132 g/mol. The lowest BCUT2D eigenvalue weighted by Gasteiger charge is -1.80. The fourth-order valence-electron chi connectivity index (χ4n) is 0.356. The van der Waals surface area contributed by atoms with Gasteiger partial charge in [0.2, 0.25) is 0 Å². The van der Waals surface area contributed by atoms with Gasteiger partial charge in [-0.1, -0.05) is 0 Å². The Morgan fingerprint density at radius 1 is 1.40 bits per heavy atom. The van der Waals surface area contributed by atoms with E-state index in [0.717, 1.165) is 0 Å². The summed E-state index contributed by atoms with van der Waals surface area (Å²) in [5.74, 6) is -0.657. The summed E-state index contributed by atoms with van der Waals surface area (Å²) in [5.41, 5.74) is 0. The first-order chi connectivity index (χ1) is 4.70. The summed E-state index contributed by atoms with van der Waals surface area (Å²) in [7, 11) is 0. The highest BCUT2D eigenvalue weighted by Gasteiger charge is 2.06. The van der Waals surface area contributed by atoms with E-state index in [1.807, 2.05) is 5.32 Å². The van der Waals surface area contributed by atoms with Crippen LogP contribution in [0.3, 0.4) is 0 Å². The van der Waals surface area contributed by atoms with Crippen molar-refractivity contribution in [2.75, 3.05) is 0 Å². The van der Waals surface area contributed by atoms with Gasteiger partial charge < -0.3 is 0 Å². The molecule has 0 saturated carbocycles. The van der Waals surface area contributed by atoms with Crippen molar-refractivity contribution < 1.29 is 9.59 Å². The van der Waals surface area contributed by atoms with Crippen LogP contribution in [-0.2, 0) is 9.59 Å². The summed E-state index contributed by atoms with van der Waals surface area (Å²) in [6.45, 7) is 1.43. The van der Waals surface area contributed by atoms with Crippen LogP contribution in [0.1, 0.15) is 6.92 Å². The minimum Gasteiger partial charge on any atom is -0.289 e. The molecule has 0 aromatic carbocycles. The minimum absolute atomic E-state index is 0.329. The molecule has 0 unspecified atom stereocenters. The van der Waals surface area contributed by atoms with Crippen LogP contribution in [0.4, 0.5) is 0 Å². The molecule has 1 aliphatic rings. The van der Waals surface area contributed by atoms with Gasteiger partial charge in [-0.2, -0.15) is 5.26 Å². The molecule has 0 bridgehead atoms. The molecule has 0 spiro atoms. The van der Waals surface area contributed by atoms with E-state index in [9.17, 15) is 9.59 Å². The van der Waals surface area contributed by atoms with Crippen molar-refractivity contribution in [3.05, 3.63) is 12.2 Å². The molecule has 10 heavy (non-hydrogen) atoms. The molecule has 0 aromatic heterocycles. The van der Waals surface area contributed by atoms with E-state index in [4.69, 9.17) is 5.26 Å². The standard InChI is InChI=1S/C4H3NO2.C2H3N/c6-3-1-2-4(7)5-3;1-2-3/h1-2H,(H,5,6,7);1H3. The number of amides is 2. The molecule has 2 amide bonds. The average molecular weight is 138 g/mol. The Morgan fingerprint density at radius 2 is 1.70 bits per heavy atom. The van der Waals surface area contributed by atoms with Gasteiger partial charge in [0.25, 0.3) is 11.8 Å². The highest BCUT2D eigenvalue weighted by molar-refractivity contribution is 6.12.